The number of amides is 1. The predicted molar refractivity (Wildman–Crippen MR) is 99.9 cm³/mol. The Morgan fingerprint density at radius 2 is 2.19 bits per heavy atom. The number of carbonyl (C=O) groups is 1. The molecule has 1 aliphatic rings. The number of nitrogens with two attached hydrogens (primary N) is 1. The molecule has 2 aromatic heterocycles. The Bertz CT molecular complexity index is 1080. The summed E-state index contributed by atoms with van der Waals surface area (Å²) in [6.45, 7) is 0. The third-order valence-electron chi connectivity index (χ3n) is 4.32. The molecule has 132 valence electrons. The molecule has 26 heavy (non-hydrogen) atoms. The summed E-state index contributed by atoms with van der Waals surface area (Å²) < 4.78 is 1.65. The monoisotopic (exact) mass is 369 g/mol. The Kier molecular flexibility index (Phi) is 3.96. The van der Waals surface area contributed by atoms with E-state index in [4.69, 9.17) is 17.3 Å². The van der Waals surface area contributed by atoms with E-state index in [0.717, 1.165) is 22.2 Å². The SMILES string of the molecule is Cn1nc(C2=CC=C(C(N)=O)CC2)nc1Nc1ccc2[nH]ncc2c1Cl. The molecular weight excluding hydrogens is 354 g/mol. The number of nitrogens with zero attached hydrogens (tertiary/aromatic N) is 4. The highest BCUT2D eigenvalue weighted by Crippen LogP contribution is 2.32. The van der Waals surface area contributed by atoms with Crippen molar-refractivity contribution in [3.63, 3.8) is 0 Å². The molecule has 0 saturated carbocycles. The first-order valence-electron chi connectivity index (χ1n) is 8.02. The van der Waals surface area contributed by atoms with Crippen molar-refractivity contribution in [1.29, 1.82) is 0 Å². The number of primary amides is 1. The molecule has 0 fully saturated rings. The molecule has 0 saturated heterocycles. The summed E-state index contributed by atoms with van der Waals surface area (Å²) in [5.74, 6) is 0.784. The third kappa shape index (κ3) is 2.84. The second-order valence-electron chi connectivity index (χ2n) is 6.01. The van der Waals surface area contributed by atoms with E-state index in [1.807, 2.05) is 18.2 Å². The van der Waals surface area contributed by atoms with E-state index in [1.54, 1.807) is 24.0 Å². The van der Waals surface area contributed by atoms with Crippen LogP contribution in [-0.4, -0.2) is 30.9 Å². The van der Waals surface area contributed by atoms with Crippen LogP contribution < -0.4 is 11.1 Å². The van der Waals surface area contributed by atoms with Gasteiger partial charge in [0.1, 0.15) is 0 Å². The quantitative estimate of drug-likeness (QED) is 0.654. The topological polar surface area (TPSA) is 115 Å². The number of hydrogen-bond acceptors (Lipinski definition) is 5. The number of benzene rings is 1. The van der Waals surface area contributed by atoms with E-state index >= 15 is 0 Å². The van der Waals surface area contributed by atoms with Crippen LogP contribution in [-0.2, 0) is 11.8 Å². The second-order valence-corrected chi connectivity index (χ2v) is 6.39. The molecule has 1 amide bonds. The molecule has 0 radical (unpaired) electrons. The lowest BCUT2D eigenvalue weighted by atomic mass is 9.98. The average Bonchev–Trinajstić information content (AvgIpc) is 3.25. The highest BCUT2D eigenvalue weighted by atomic mass is 35.5. The van der Waals surface area contributed by atoms with Gasteiger partial charge in [0.15, 0.2) is 5.82 Å². The van der Waals surface area contributed by atoms with Crippen molar-refractivity contribution in [2.75, 3.05) is 5.32 Å². The molecule has 3 aromatic rings. The van der Waals surface area contributed by atoms with Crippen LogP contribution >= 0.6 is 11.6 Å². The van der Waals surface area contributed by atoms with Gasteiger partial charge in [-0.05, 0) is 30.5 Å². The standard InChI is InChI=1S/C17H16ClN7O/c1-25-17(21-13-7-6-12-11(14(13)18)8-20-23-12)22-16(24-25)10-4-2-9(3-5-10)15(19)26/h2,4,6-8H,3,5H2,1H3,(H2,19,26)(H,20,23)(H,21,22,24). The summed E-state index contributed by atoms with van der Waals surface area (Å²) in [7, 11) is 1.80. The first kappa shape index (κ1) is 16.3. The lowest BCUT2D eigenvalue weighted by Crippen LogP contribution is -2.15. The van der Waals surface area contributed by atoms with Gasteiger partial charge in [-0.3, -0.25) is 9.89 Å². The number of aryl methyl sites for hydroxylation is 1. The Hall–Kier alpha value is -3.13. The highest BCUT2D eigenvalue weighted by Gasteiger charge is 2.17. The minimum atomic E-state index is -0.388. The van der Waals surface area contributed by atoms with Crippen molar-refractivity contribution < 1.29 is 4.79 Å². The average molecular weight is 370 g/mol. The second kappa shape index (κ2) is 6.30. The molecular formula is C17H16ClN7O. The zero-order valence-electron chi connectivity index (χ0n) is 14.0. The van der Waals surface area contributed by atoms with E-state index in [0.29, 0.717) is 35.2 Å². The van der Waals surface area contributed by atoms with E-state index in [-0.39, 0.29) is 5.91 Å². The smallest absolute Gasteiger partial charge is 0.244 e. The summed E-state index contributed by atoms with van der Waals surface area (Å²) in [5.41, 5.74) is 8.46. The number of carbonyl (C=O) groups excluding carboxylic acids is 1. The summed E-state index contributed by atoms with van der Waals surface area (Å²) in [6.07, 6.45) is 6.51. The van der Waals surface area contributed by atoms with Gasteiger partial charge in [-0.2, -0.15) is 10.1 Å². The van der Waals surface area contributed by atoms with Crippen LogP contribution in [0.25, 0.3) is 16.5 Å². The first-order chi connectivity index (χ1) is 12.5. The van der Waals surface area contributed by atoms with Crippen molar-refractivity contribution in [1.82, 2.24) is 25.0 Å². The Balaban J connectivity index is 1.63. The maximum Gasteiger partial charge on any atom is 0.244 e. The summed E-state index contributed by atoms with van der Waals surface area (Å²) in [6, 6.07) is 3.76. The van der Waals surface area contributed by atoms with Gasteiger partial charge in [0.25, 0.3) is 0 Å². The van der Waals surface area contributed by atoms with Gasteiger partial charge in [-0.1, -0.05) is 23.8 Å². The molecule has 0 atom stereocenters. The van der Waals surface area contributed by atoms with E-state index in [2.05, 4.69) is 25.6 Å². The fraction of sp³-hybridized carbons (Fsp3) is 0.176. The molecule has 0 spiro atoms. The van der Waals surface area contributed by atoms with Crippen molar-refractivity contribution >= 4 is 45.6 Å². The minimum absolute atomic E-state index is 0.388. The van der Waals surface area contributed by atoms with Crippen LogP contribution in [0.3, 0.4) is 0 Å². The number of allylic oxidation sites excluding steroid dienone is 3. The van der Waals surface area contributed by atoms with Gasteiger partial charge >= 0.3 is 0 Å². The van der Waals surface area contributed by atoms with Crippen molar-refractivity contribution in [3.05, 3.63) is 46.9 Å². The maximum atomic E-state index is 11.2. The van der Waals surface area contributed by atoms with E-state index in [1.165, 1.54) is 0 Å². The lowest BCUT2D eigenvalue weighted by Gasteiger charge is -2.09. The summed E-state index contributed by atoms with van der Waals surface area (Å²) in [4.78, 5) is 15.8. The van der Waals surface area contributed by atoms with Gasteiger partial charge in [0.05, 0.1) is 22.4 Å². The molecule has 4 N–H and O–H groups in total. The lowest BCUT2D eigenvalue weighted by molar-refractivity contribution is -0.114. The van der Waals surface area contributed by atoms with Gasteiger partial charge < -0.3 is 11.1 Å². The number of aromatic nitrogens is 5. The molecule has 8 nitrogen and oxygen atoms in total. The Morgan fingerprint density at radius 3 is 2.92 bits per heavy atom. The molecule has 0 bridgehead atoms. The number of hydrogen-bond donors (Lipinski definition) is 3. The van der Waals surface area contributed by atoms with Crippen molar-refractivity contribution in [3.8, 4) is 0 Å². The van der Waals surface area contributed by atoms with Crippen LogP contribution in [0.5, 0.6) is 0 Å². The molecule has 9 heteroatoms. The van der Waals surface area contributed by atoms with Crippen LogP contribution in [0, 0.1) is 0 Å². The number of aromatic amines is 1. The molecule has 0 aliphatic heterocycles. The van der Waals surface area contributed by atoms with Crippen molar-refractivity contribution in [2.24, 2.45) is 12.8 Å². The van der Waals surface area contributed by atoms with Crippen LogP contribution in [0.15, 0.2) is 36.1 Å². The molecule has 2 heterocycles. The van der Waals surface area contributed by atoms with E-state index < -0.39 is 0 Å². The van der Waals surface area contributed by atoms with Crippen LogP contribution in [0.2, 0.25) is 5.02 Å². The number of anilines is 2. The number of rotatable bonds is 4. The normalized spacial score (nSPS) is 14.2. The Morgan fingerprint density at radius 1 is 1.35 bits per heavy atom. The van der Waals surface area contributed by atoms with Gasteiger partial charge in [-0.25, -0.2) is 4.68 Å². The molecule has 1 aliphatic carbocycles. The van der Waals surface area contributed by atoms with Gasteiger partial charge in [-0.15, -0.1) is 5.10 Å². The first-order valence-corrected chi connectivity index (χ1v) is 8.40. The van der Waals surface area contributed by atoms with E-state index in [9.17, 15) is 4.79 Å². The third-order valence-corrected chi connectivity index (χ3v) is 4.73. The Labute approximate surface area is 153 Å². The maximum absolute atomic E-state index is 11.2. The highest BCUT2D eigenvalue weighted by molar-refractivity contribution is 6.38. The molecule has 0 unspecified atom stereocenters. The number of H-pyrrole nitrogens is 1. The summed E-state index contributed by atoms with van der Waals surface area (Å²) in [5, 5.41) is 15.9. The number of nitrogens with one attached hydrogen (secondary N) is 2. The van der Waals surface area contributed by atoms with Gasteiger partial charge in [0.2, 0.25) is 11.9 Å². The molecule has 1 aromatic carbocycles. The van der Waals surface area contributed by atoms with Crippen LogP contribution in [0.4, 0.5) is 11.6 Å². The number of halogens is 1. The van der Waals surface area contributed by atoms with Gasteiger partial charge in [0, 0.05) is 18.0 Å². The zero-order chi connectivity index (χ0) is 18.3. The zero-order valence-corrected chi connectivity index (χ0v) is 14.7. The van der Waals surface area contributed by atoms with Crippen molar-refractivity contribution in [2.45, 2.75) is 12.8 Å². The predicted octanol–water partition coefficient (Wildman–Crippen LogP) is 2.68. The summed E-state index contributed by atoms with van der Waals surface area (Å²) >= 11 is 6.44. The number of fused-ring (bicyclic) bond motifs is 1. The fourth-order valence-electron chi connectivity index (χ4n) is 2.86. The minimum Gasteiger partial charge on any atom is -0.366 e. The molecule has 4 rings (SSSR count). The largest absolute Gasteiger partial charge is 0.366 e. The van der Waals surface area contributed by atoms with Crippen LogP contribution in [0.1, 0.15) is 18.7 Å². The fourth-order valence-corrected chi connectivity index (χ4v) is 3.12.